The summed E-state index contributed by atoms with van der Waals surface area (Å²) in [6.07, 6.45) is 2.30. The highest BCUT2D eigenvalue weighted by atomic mass is 16.6. The third-order valence-corrected chi connectivity index (χ3v) is 1.87. The molecule has 0 aliphatic rings. The summed E-state index contributed by atoms with van der Waals surface area (Å²) >= 11 is 0. The SMILES string of the molecule is CCO/C(O)=C(\C#N)c1ccncc1[N+](=O)[O-]. The Labute approximate surface area is 96.7 Å². The molecule has 0 atom stereocenters. The monoisotopic (exact) mass is 235 g/mol. The molecule has 0 saturated carbocycles. The van der Waals surface area contributed by atoms with Gasteiger partial charge < -0.3 is 9.84 Å². The Hall–Kier alpha value is -2.62. The lowest BCUT2D eigenvalue weighted by molar-refractivity contribution is -0.385. The summed E-state index contributed by atoms with van der Waals surface area (Å²) in [5.41, 5.74) is -0.685. The average Bonchev–Trinajstić information content (AvgIpc) is 2.31. The van der Waals surface area contributed by atoms with Gasteiger partial charge in [0.05, 0.1) is 17.1 Å². The van der Waals surface area contributed by atoms with Gasteiger partial charge in [-0.15, -0.1) is 0 Å². The fourth-order valence-corrected chi connectivity index (χ4v) is 1.18. The van der Waals surface area contributed by atoms with Crippen LogP contribution in [0.1, 0.15) is 12.5 Å². The van der Waals surface area contributed by atoms with Gasteiger partial charge in [0.2, 0.25) is 0 Å². The highest BCUT2D eigenvalue weighted by molar-refractivity contribution is 5.81. The quantitative estimate of drug-likeness (QED) is 0.368. The number of hydrogen-bond acceptors (Lipinski definition) is 6. The highest BCUT2D eigenvalue weighted by Crippen LogP contribution is 2.26. The van der Waals surface area contributed by atoms with E-state index < -0.39 is 10.9 Å². The van der Waals surface area contributed by atoms with Crippen LogP contribution in [0.25, 0.3) is 5.57 Å². The number of nitro groups is 1. The van der Waals surface area contributed by atoms with Crippen LogP contribution in [0.5, 0.6) is 0 Å². The molecule has 1 aromatic rings. The first kappa shape index (κ1) is 12.4. The molecule has 0 aliphatic carbocycles. The summed E-state index contributed by atoms with van der Waals surface area (Å²) in [5, 5.41) is 29.1. The number of hydrogen-bond donors (Lipinski definition) is 1. The molecule has 17 heavy (non-hydrogen) atoms. The molecule has 7 heteroatoms. The number of ether oxygens (including phenoxy) is 1. The molecule has 1 rings (SSSR count). The highest BCUT2D eigenvalue weighted by Gasteiger charge is 2.21. The molecular weight excluding hydrogens is 226 g/mol. The summed E-state index contributed by atoms with van der Waals surface area (Å²) in [6.45, 7) is 1.77. The molecular formula is C10H9N3O4. The Morgan fingerprint density at radius 3 is 3.00 bits per heavy atom. The Morgan fingerprint density at radius 1 is 1.76 bits per heavy atom. The summed E-state index contributed by atoms with van der Waals surface area (Å²) in [7, 11) is 0. The van der Waals surface area contributed by atoms with Gasteiger partial charge in [-0.3, -0.25) is 15.1 Å². The second-order valence-electron chi connectivity index (χ2n) is 2.87. The van der Waals surface area contributed by atoms with E-state index in [9.17, 15) is 15.2 Å². The maximum Gasteiger partial charge on any atom is 0.296 e. The minimum absolute atomic E-state index is 0.0292. The Morgan fingerprint density at radius 2 is 2.47 bits per heavy atom. The number of aromatic nitrogens is 1. The standard InChI is InChI=1S/C10H9N3O4/c1-2-17-10(14)8(5-11)7-3-4-12-6-9(7)13(15)16/h3-4,6,14H,2H2,1H3/b10-8+. The molecule has 1 N–H and O–H groups in total. The van der Waals surface area contributed by atoms with E-state index in [0.29, 0.717) is 0 Å². The van der Waals surface area contributed by atoms with Crippen LogP contribution in [-0.4, -0.2) is 21.6 Å². The van der Waals surface area contributed by atoms with E-state index in [1.54, 1.807) is 13.0 Å². The van der Waals surface area contributed by atoms with Crippen molar-refractivity contribution >= 4 is 11.3 Å². The molecule has 1 heterocycles. The van der Waals surface area contributed by atoms with Crippen molar-refractivity contribution in [2.24, 2.45) is 0 Å². The van der Waals surface area contributed by atoms with Crippen molar-refractivity contribution in [1.82, 2.24) is 4.98 Å². The van der Waals surface area contributed by atoms with Crippen LogP contribution in [0.4, 0.5) is 5.69 Å². The van der Waals surface area contributed by atoms with Crippen LogP contribution in [0.3, 0.4) is 0 Å². The maximum absolute atomic E-state index is 10.7. The first-order valence-electron chi connectivity index (χ1n) is 4.66. The van der Waals surface area contributed by atoms with E-state index >= 15 is 0 Å². The van der Waals surface area contributed by atoms with Crippen molar-refractivity contribution in [3.63, 3.8) is 0 Å². The van der Waals surface area contributed by atoms with Gasteiger partial charge in [-0.2, -0.15) is 5.26 Å². The topological polar surface area (TPSA) is 109 Å². The molecule has 0 saturated heterocycles. The molecule has 0 bridgehead atoms. The molecule has 7 nitrogen and oxygen atoms in total. The number of rotatable bonds is 4. The van der Waals surface area contributed by atoms with E-state index in [4.69, 9.17) is 10.00 Å². The minimum Gasteiger partial charge on any atom is -0.480 e. The third-order valence-electron chi connectivity index (χ3n) is 1.87. The lowest BCUT2D eigenvalue weighted by atomic mass is 10.1. The molecule has 0 aliphatic heterocycles. The summed E-state index contributed by atoms with van der Waals surface area (Å²) in [4.78, 5) is 13.6. The Balaban J connectivity index is 3.37. The normalized spacial score (nSPS) is 11.3. The van der Waals surface area contributed by atoms with Crippen molar-refractivity contribution in [2.75, 3.05) is 6.61 Å². The van der Waals surface area contributed by atoms with E-state index in [2.05, 4.69) is 4.98 Å². The molecule has 0 amide bonds. The van der Waals surface area contributed by atoms with Gasteiger partial charge >= 0.3 is 0 Å². The van der Waals surface area contributed by atoms with Crippen LogP contribution in [0.2, 0.25) is 0 Å². The smallest absolute Gasteiger partial charge is 0.296 e. The molecule has 0 aromatic carbocycles. The fraction of sp³-hybridized carbons (Fsp3) is 0.200. The summed E-state index contributed by atoms with van der Waals surface area (Å²) in [6, 6.07) is 2.94. The molecule has 88 valence electrons. The van der Waals surface area contributed by atoms with E-state index in [0.717, 1.165) is 6.20 Å². The van der Waals surface area contributed by atoms with Crippen LogP contribution in [0.15, 0.2) is 24.4 Å². The zero-order valence-electron chi connectivity index (χ0n) is 8.95. The van der Waals surface area contributed by atoms with Gasteiger partial charge in [0.1, 0.15) is 17.8 Å². The summed E-state index contributed by atoms with van der Waals surface area (Å²) in [5.74, 6) is -0.635. The second-order valence-corrected chi connectivity index (χ2v) is 2.87. The number of allylic oxidation sites excluding steroid dienone is 1. The number of nitrogens with zero attached hydrogens (tertiary/aromatic N) is 3. The van der Waals surface area contributed by atoms with Crippen molar-refractivity contribution in [1.29, 1.82) is 5.26 Å². The lowest BCUT2D eigenvalue weighted by Gasteiger charge is -2.04. The molecule has 0 radical (unpaired) electrons. The van der Waals surface area contributed by atoms with Crippen LogP contribution in [-0.2, 0) is 4.74 Å². The van der Waals surface area contributed by atoms with E-state index in [-0.39, 0.29) is 23.4 Å². The predicted octanol–water partition coefficient (Wildman–Crippen LogP) is 1.78. The van der Waals surface area contributed by atoms with Crippen LogP contribution >= 0.6 is 0 Å². The lowest BCUT2D eigenvalue weighted by Crippen LogP contribution is -1.99. The molecule has 1 aromatic heterocycles. The Kier molecular flexibility index (Phi) is 4.00. The predicted molar refractivity (Wildman–Crippen MR) is 57.7 cm³/mol. The first-order valence-corrected chi connectivity index (χ1v) is 4.66. The third kappa shape index (κ3) is 2.69. The minimum atomic E-state index is -0.682. The van der Waals surface area contributed by atoms with Crippen LogP contribution in [0, 0.1) is 21.4 Å². The van der Waals surface area contributed by atoms with Gasteiger partial charge in [-0.1, -0.05) is 0 Å². The number of pyridine rings is 1. The molecule has 0 fully saturated rings. The van der Waals surface area contributed by atoms with Crippen molar-refractivity contribution in [3.8, 4) is 6.07 Å². The van der Waals surface area contributed by atoms with Gasteiger partial charge in [0.15, 0.2) is 0 Å². The van der Waals surface area contributed by atoms with E-state index in [1.807, 2.05) is 0 Å². The van der Waals surface area contributed by atoms with Crippen molar-refractivity contribution in [3.05, 3.63) is 40.1 Å². The van der Waals surface area contributed by atoms with Crippen LogP contribution < -0.4 is 0 Å². The average molecular weight is 235 g/mol. The van der Waals surface area contributed by atoms with Gasteiger partial charge in [-0.05, 0) is 13.0 Å². The second kappa shape index (κ2) is 5.46. The molecule has 0 spiro atoms. The van der Waals surface area contributed by atoms with E-state index in [1.165, 1.54) is 12.3 Å². The molecule has 0 unspecified atom stereocenters. The fourth-order valence-electron chi connectivity index (χ4n) is 1.18. The summed E-state index contributed by atoms with van der Waals surface area (Å²) < 4.78 is 4.75. The first-order chi connectivity index (χ1) is 8.11. The maximum atomic E-state index is 10.7. The zero-order chi connectivity index (χ0) is 12.8. The van der Waals surface area contributed by atoms with Gasteiger partial charge in [-0.25, -0.2) is 0 Å². The number of aliphatic hydroxyl groups excluding tert-OH is 1. The number of nitriles is 1. The number of aliphatic hydroxyl groups is 1. The van der Waals surface area contributed by atoms with Crippen molar-refractivity contribution in [2.45, 2.75) is 6.92 Å². The zero-order valence-corrected chi connectivity index (χ0v) is 8.95. The van der Waals surface area contributed by atoms with Gasteiger partial charge in [0, 0.05) is 6.20 Å². The van der Waals surface area contributed by atoms with Gasteiger partial charge in [0.25, 0.3) is 11.6 Å². The largest absolute Gasteiger partial charge is 0.480 e. The van der Waals surface area contributed by atoms with Crippen molar-refractivity contribution < 1.29 is 14.8 Å². The Bertz CT molecular complexity index is 505.